The molecule has 1 N–H and O–H groups in total. The van der Waals surface area contributed by atoms with E-state index < -0.39 is 12.8 Å². The Morgan fingerprint density at radius 3 is 2.55 bits per heavy atom. The number of hydrogen-bond donors (Lipinski definition) is 1. The lowest BCUT2D eigenvalue weighted by Gasteiger charge is -2.54. The summed E-state index contributed by atoms with van der Waals surface area (Å²) in [6, 6.07) is 5.69. The molecule has 53 heavy (non-hydrogen) atoms. The van der Waals surface area contributed by atoms with Gasteiger partial charge in [0, 0.05) is 90.7 Å². The molecule has 284 valence electrons. The van der Waals surface area contributed by atoms with Crippen molar-refractivity contribution in [1.29, 1.82) is 0 Å². The summed E-state index contributed by atoms with van der Waals surface area (Å²) in [5, 5.41) is 4.20. The second-order valence-corrected chi connectivity index (χ2v) is 15.8. The molecule has 0 bridgehead atoms. The van der Waals surface area contributed by atoms with Crippen molar-refractivity contribution in [2.75, 3.05) is 96.9 Å². The summed E-state index contributed by atoms with van der Waals surface area (Å²) in [6.07, 6.45) is 4.12. The van der Waals surface area contributed by atoms with Gasteiger partial charge in [-0.2, -0.15) is 13.2 Å². The highest BCUT2D eigenvalue weighted by molar-refractivity contribution is 6.35. The summed E-state index contributed by atoms with van der Waals surface area (Å²) in [5.74, 6) is 1.35. The molecule has 3 aromatic rings. The lowest BCUT2D eigenvalue weighted by molar-refractivity contribution is -0.153. The van der Waals surface area contributed by atoms with Crippen molar-refractivity contribution >= 4 is 46.1 Å². The molecule has 14 heteroatoms. The zero-order valence-corrected chi connectivity index (χ0v) is 31.7. The standard InChI is InChI=1S/C39H48ClF3N8O2/c1-25-7-8-30-28(21-44-13-14-45-30)32(25)33-29(40)20-27-34(35(33)53-24-39(41,42)43)46-36(26-9-16-49(4)17-10-26)47-37(27)50-18-11-38(12-19-50)22-51(23-38)31(52)6-5-15-48(2)3/h5-8,20-21,26,45H,9-19,22-24H2,1-4H3/b6-5+. The van der Waals surface area contributed by atoms with E-state index in [4.69, 9.17) is 26.3 Å². The molecule has 0 unspecified atom stereocenters. The minimum absolute atomic E-state index is 0.000692. The number of fused-ring (bicyclic) bond motifs is 2. The van der Waals surface area contributed by atoms with Crippen LogP contribution < -0.4 is 15.0 Å². The van der Waals surface area contributed by atoms with Gasteiger partial charge in [0.25, 0.3) is 0 Å². The van der Waals surface area contributed by atoms with Crippen LogP contribution in [0.3, 0.4) is 0 Å². The summed E-state index contributed by atoms with van der Waals surface area (Å²) in [7, 11) is 6.02. The Labute approximate surface area is 314 Å². The van der Waals surface area contributed by atoms with Crippen LogP contribution in [0.5, 0.6) is 5.75 Å². The maximum atomic E-state index is 14.0. The molecule has 7 rings (SSSR count). The number of aromatic nitrogens is 2. The maximum absolute atomic E-state index is 14.0. The summed E-state index contributed by atoms with van der Waals surface area (Å²) in [5.41, 5.74) is 3.77. The summed E-state index contributed by atoms with van der Waals surface area (Å²) >= 11 is 7.19. The van der Waals surface area contributed by atoms with E-state index in [1.807, 2.05) is 49.0 Å². The van der Waals surface area contributed by atoms with E-state index in [9.17, 15) is 18.0 Å². The highest BCUT2D eigenvalue weighted by Gasteiger charge is 2.46. The molecule has 5 heterocycles. The first kappa shape index (κ1) is 37.4. The van der Waals surface area contributed by atoms with Crippen LogP contribution in [0.1, 0.15) is 48.6 Å². The fourth-order valence-electron chi connectivity index (χ4n) is 8.08. The fraction of sp³-hybridized carbons (Fsp3) is 0.538. The van der Waals surface area contributed by atoms with E-state index >= 15 is 0 Å². The predicted octanol–water partition coefficient (Wildman–Crippen LogP) is 6.40. The zero-order chi connectivity index (χ0) is 37.5. The van der Waals surface area contributed by atoms with Gasteiger partial charge in [0.15, 0.2) is 12.4 Å². The van der Waals surface area contributed by atoms with Gasteiger partial charge in [-0.05, 0) is 84.5 Å². The first-order valence-corrected chi connectivity index (χ1v) is 18.8. The number of aliphatic imine (C=N–C) groups is 1. The van der Waals surface area contributed by atoms with Crippen molar-refractivity contribution in [2.24, 2.45) is 10.4 Å². The number of hydrogen-bond acceptors (Lipinski definition) is 9. The van der Waals surface area contributed by atoms with Gasteiger partial charge in [0.2, 0.25) is 5.91 Å². The topological polar surface area (TPSA) is 89.4 Å². The van der Waals surface area contributed by atoms with Crippen molar-refractivity contribution in [3.63, 3.8) is 0 Å². The molecule has 10 nitrogen and oxygen atoms in total. The average molecular weight is 753 g/mol. The number of nitrogens with zero attached hydrogens (tertiary/aromatic N) is 7. The van der Waals surface area contributed by atoms with Crippen LogP contribution in [-0.4, -0.2) is 130 Å². The molecule has 1 spiro atoms. The number of benzodiazepines with no additional fused rings is 1. The number of aryl methyl sites for hydroxylation is 1. The zero-order valence-electron chi connectivity index (χ0n) is 30.9. The lowest BCUT2D eigenvalue weighted by Crippen LogP contribution is -2.61. The third kappa shape index (κ3) is 7.98. The number of benzene rings is 2. The minimum atomic E-state index is -4.59. The van der Waals surface area contributed by atoms with Crippen molar-refractivity contribution < 1.29 is 22.7 Å². The van der Waals surface area contributed by atoms with E-state index in [1.54, 1.807) is 18.4 Å². The number of piperidine rings is 2. The third-order valence-electron chi connectivity index (χ3n) is 11.1. The van der Waals surface area contributed by atoms with E-state index in [2.05, 4.69) is 27.2 Å². The summed E-state index contributed by atoms with van der Waals surface area (Å²) < 4.78 is 47.8. The molecular weight excluding hydrogens is 705 g/mol. The Bertz CT molecular complexity index is 1910. The largest absolute Gasteiger partial charge is 0.481 e. The number of nitrogens with one attached hydrogen (secondary N) is 1. The lowest BCUT2D eigenvalue weighted by atomic mass is 9.72. The number of likely N-dealkylation sites (tertiary alicyclic amines) is 2. The number of anilines is 2. The highest BCUT2D eigenvalue weighted by Crippen LogP contribution is 2.49. The fourth-order valence-corrected chi connectivity index (χ4v) is 8.37. The Kier molecular flexibility index (Phi) is 10.6. The van der Waals surface area contributed by atoms with Gasteiger partial charge in [0.05, 0.1) is 11.6 Å². The van der Waals surface area contributed by atoms with Crippen LogP contribution in [0.25, 0.3) is 22.0 Å². The highest BCUT2D eigenvalue weighted by atomic mass is 35.5. The van der Waals surface area contributed by atoms with Crippen molar-refractivity contribution in [3.8, 4) is 16.9 Å². The molecule has 0 aliphatic carbocycles. The molecule has 0 atom stereocenters. The van der Waals surface area contributed by atoms with E-state index in [0.29, 0.717) is 79.5 Å². The number of ether oxygens (including phenoxy) is 1. The van der Waals surface area contributed by atoms with Gasteiger partial charge >= 0.3 is 6.18 Å². The van der Waals surface area contributed by atoms with Crippen LogP contribution in [0.4, 0.5) is 24.7 Å². The van der Waals surface area contributed by atoms with Gasteiger partial charge in [-0.1, -0.05) is 23.7 Å². The molecule has 1 aromatic heterocycles. The number of carbonyl (C=O) groups excluding carboxylic acids is 1. The van der Waals surface area contributed by atoms with Gasteiger partial charge in [-0.25, -0.2) is 9.97 Å². The summed E-state index contributed by atoms with van der Waals surface area (Å²) in [4.78, 5) is 36.0. The Balaban J connectivity index is 1.30. The molecule has 4 aliphatic rings. The van der Waals surface area contributed by atoms with E-state index in [0.717, 1.165) is 55.6 Å². The number of likely N-dealkylation sites (N-methyl/N-ethyl adjacent to an activating group) is 1. The quantitative estimate of drug-likeness (QED) is 0.265. The molecule has 0 radical (unpaired) electrons. The van der Waals surface area contributed by atoms with Crippen LogP contribution in [0.15, 0.2) is 35.3 Å². The molecule has 3 fully saturated rings. The smallest absolute Gasteiger partial charge is 0.422 e. The first-order chi connectivity index (χ1) is 25.3. The van der Waals surface area contributed by atoms with Crippen LogP contribution in [0, 0.1) is 12.3 Å². The van der Waals surface area contributed by atoms with Crippen molar-refractivity contribution in [2.45, 2.75) is 44.7 Å². The second-order valence-electron chi connectivity index (χ2n) is 15.4. The molecular formula is C39H48ClF3N8O2. The number of rotatable bonds is 8. The van der Waals surface area contributed by atoms with Crippen molar-refractivity contribution in [3.05, 3.63) is 52.3 Å². The van der Waals surface area contributed by atoms with E-state index in [-0.39, 0.29) is 28.0 Å². The molecule has 1 amide bonds. The minimum Gasteiger partial charge on any atom is -0.481 e. The molecule has 3 saturated heterocycles. The Hall–Kier alpha value is -3.94. The Morgan fingerprint density at radius 2 is 1.85 bits per heavy atom. The van der Waals surface area contributed by atoms with Crippen LogP contribution >= 0.6 is 11.6 Å². The van der Waals surface area contributed by atoms with Gasteiger partial charge in [-0.15, -0.1) is 0 Å². The predicted molar refractivity (Wildman–Crippen MR) is 205 cm³/mol. The molecule has 4 aliphatic heterocycles. The monoisotopic (exact) mass is 752 g/mol. The normalized spacial score (nSPS) is 19.5. The number of alkyl halides is 3. The average Bonchev–Trinajstić information content (AvgIpc) is 3.35. The van der Waals surface area contributed by atoms with Crippen LogP contribution in [0.2, 0.25) is 5.02 Å². The van der Waals surface area contributed by atoms with Crippen LogP contribution in [-0.2, 0) is 4.79 Å². The van der Waals surface area contributed by atoms with E-state index in [1.165, 1.54) is 0 Å². The molecule has 2 aromatic carbocycles. The van der Waals surface area contributed by atoms with Gasteiger partial charge < -0.3 is 29.7 Å². The first-order valence-electron chi connectivity index (χ1n) is 18.5. The number of carbonyl (C=O) groups is 1. The second kappa shape index (κ2) is 15.1. The summed E-state index contributed by atoms with van der Waals surface area (Å²) in [6.45, 7) is 6.85. The Morgan fingerprint density at radius 1 is 1.11 bits per heavy atom. The SMILES string of the molecule is Cc1ccc2c(c1-c1c(Cl)cc3c(N4CCC5(CC4)CN(C(=O)/C=C/CN(C)C)C5)nc(C4CCN(C)CC4)nc3c1OCC(F)(F)F)C=NCCN2. The third-order valence-corrected chi connectivity index (χ3v) is 11.4. The van der Waals surface area contributed by atoms with Crippen molar-refractivity contribution in [1.82, 2.24) is 24.7 Å². The van der Waals surface area contributed by atoms with Gasteiger partial charge in [-0.3, -0.25) is 9.79 Å². The number of halogens is 4. The van der Waals surface area contributed by atoms with Gasteiger partial charge in [0.1, 0.15) is 17.2 Å². The maximum Gasteiger partial charge on any atom is 0.422 e. The number of amides is 1. The molecule has 0 saturated carbocycles.